The molecule has 3 heterocycles. The third kappa shape index (κ3) is 8.99. The number of amides is 1. The second kappa shape index (κ2) is 18.0. The van der Waals surface area contributed by atoms with E-state index in [1.165, 1.54) is 29.2 Å². The maximum atomic E-state index is 14.5. The Hall–Kier alpha value is -6.55. The SMILES string of the molecule is COc1ccc(C(OC[C@H]2O[C@@H](n3cnc4c(N)ncnc43)[C@H](OC(=O)C(Cc3ccccc3)N(C)C(=O)OC(C)(C)C)[C@@H]2O)(c2ccccc2)c2ccc(OC)cc2)cc1. The average molecular weight is 831 g/mol. The van der Waals surface area contributed by atoms with Gasteiger partial charge in [0.15, 0.2) is 23.8 Å². The van der Waals surface area contributed by atoms with Crippen molar-refractivity contribution in [3.63, 3.8) is 0 Å². The van der Waals surface area contributed by atoms with Gasteiger partial charge in [0.05, 0.1) is 27.2 Å². The number of fused-ring (bicyclic) bond motifs is 1. The van der Waals surface area contributed by atoms with E-state index >= 15 is 0 Å². The maximum Gasteiger partial charge on any atom is 0.410 e. The first-order valence-corrected chi connectivity index (χ1v) is 19.8. The van der Waals surface area contributed by atoms with Crippen LogP contribution in [0.15, 0.2) is 122 Å². The zero-order valence-electron chi connectivity index (χ0n) is 34.9. The molecule has 15 heteroatoms. The summed E-state index contributed by atoms with van der Waals surface area (Å²) < 4.78 is 38.2. The van der Waals surface area contributed by atoms with E-state index in [1.807, 2.05) is 109 Å². The molecule has 7 rings (SSSR count). The number of methoxy groups -OCH3 is 2. The first kappa shape index (κ1) is 42.6. The maximum absolute atomic E-state index is 14.5. The molecule has 3 N–H and O–H groups in total. The Morgan fingerprint density at radius 1 is 0.836 bits per heavy atom. The summed E-state index contributed by atoms with van der Waals surface area (Å²) in [6.45, 7) is 5.02. The van der Waals surface area contributed by atoms with Crippen LogP contribution in [0, 0.1) is 0 Å². The number of nitrogen functional groups attached to an aromatic ring is 1. The van der Waals surface area contributed by atoms with Crippen molar-refractivity contribution in [2.75, 3.05) is 33.6 Å². The molecule has 15 nitrogen and oxygen atoms in total. The minimum atomic E-state index is -1.46. The number of carbonyl (C=O) groups is 2. The van der Waals surface area contributed by atoms with Gasteiger partial charge in [0.1, 0.15) is 52.8 Å². The van der Waals surface area contributed by atoms with Crippen LogP contribution in [-0.4, -0.2) is 99.4 Å². The summed E-state index contributed by atoms with van der Waals surface area (Å²) >= 11 is 0. The minimum Gasteiger partial charge on any atom is -0.497 e. The third-order valence-corrected chi connectivity index (χ3v) is 10.6. The van der Waals surface area contributed by atoms with Crippen molar-refractivity contribution in [1.29, 1.82) is 0 Å². The number of aromatic nitrogens is 4. The van der Waals surface area contributed by atoms with Crippen LogP contribution in [-0.2, 0) is 35.8 Å². The summed E-state index contributed by atoms with van der Waals surface area (Å²) in [6.07, 6.45) is -2.99. The average Bonchev–Trinajstić information content (AvgIpc) is 3.84. The molecule has 5 atom stereocenters. The summed E-state index contributed by atoms with van der Waals surface area (Å²) in [7, 11) is 4.67. The van der Waals surface area contributed by atoms with Gasteiger partial charge in [0.25, 0.3) is 0 Å². The van der Waals surface area contributed by atoms with Crippen molar-refractivity contribution in [1.82, 2.24) is 24.4 Å². The van der Waals surface area contributed by atoms with Gasteiger partial charge in [0, 0.05) is 13.5 Å². The highest BCUT2D eigenvalue weighted by Gasteiger charge is 2.50. The van der Waals surface area contributed by atoms with Gasteiger partial charge in [-0.15, -0.1) is 0 Å². The number of imidazole rings is 1. The third-order valence-electron chi connectivity index (χ3n) is 10.6. The van der Waals surface area contributed by atoms with E-state index < -0.39 is 53.8 Å². The second-order valence-electron chi connectivity index (χ2n) is 15.7. The number of benzene rings is 4. The normalized spacial score (nSPS) is 18.3. The summed E-state index contributed by atoms with van der Waals surface area (Å²) in [5, 5.41) is 12.3. The highest BCUT2D eigenvalue weighted by molar-refractivity contribution is 5.82. The second-order valence-corrected chi connectivity index (χ2v) is 15.7. The van der Waals surface area contributed by atoms with Crippen molar-refractivity contribution >= 4 is 29.0 Å². The number of likely N-dealkylation sites (N-methyl/N-ethyl adjacent to an activating group) is 1. The first-order chi connectivity index (χ1) is 29.3. The predicted octanol–water partition coefficient (Wildman–Crippen LogP) is 6.08. The van der Waals surface area contributed by atoms with E-state index in [-0.39, 0.29) is 24.5 Å². The monoisotopic (exact) mass is 830 g/mol. The Morgan fingerprint density at radius 2 is 1.41 bits per heavy atom. The van der Waals surface area contributed by atoms with Crippen LogP contribution < -0.4 is 15.2 Å². The van der Waals surface area contributed by atoms with Crippen molar-refractivity contribution in [3.8, 4) is 11.5 Å². The Morgan fingerprint density at radius 3 is 1.98 bits per heavy atom. The predicted molar refractivity (Wildman–Crippen MR) is 226 cm³/mol. The molecule has 1 aliphatic heterocycles. The van der Waals surface area contributed by atoms with Gasteiger partial charge >= 0.3 is 12.1 Å². The van der Waals surface area contributed by atoms with Gasteiger partial charge in [-0.1, -0.05) is 84.9 Å². The van der Waals surface area contributed by atoms with Crippen LogP contribution >= 0.6 is 0 Å². The van der Waals surface area contributed by atoms with Crippen LogP contribution in [0.2, 0.25) is 0 Å². The number of nitrogens with zero attached hydrogens (tertiary/aromatic N) is 5. The molecule has 1 saturated heterocycles. The molecule has 1 unspecified atom stereocenters. The molecule has 2 aromatic heterocycles. The fraction of sp³-hybridized carbons (Fsp3) is 0.326. The van der Waals surface area contributed by atoms with Crippen LogP contribution in [0.1, 0.15) is 49.3 Å². The van der Waals surface area contributed by atoms with Gasteiger partial charge in [-0.2, -0.15) is 0 Å². The molecule has 6 aromatic rings. The number of hydrogen-bond acceptors (Lipinski definition) is 13. The van der Waals surface area contributed by atoms with Crippen LogP contribution in [0.4, 0.5) is 10.6 Å². The zero-order chi connectivity index (χ0) is 43.3. The van der Waals surface area contributed by atoms with E-state index in [1.54, 1.807) is 35.0 Å². The number of hydrogen-bond donors (Lipinski definition) is 2. The molecule has 4 aromatic carbocycles. The molecule has 1 amide bonds. The molecular weight excluding hydrogens is 781 g/mol. The Balaban J connectivity index is 1.28. The number of aliphatic hydroxyl groups excluding tert-OH is 1. The first-order valence-electron chi connectivity index (χ1n) is 19.8. The number of anilines is 1. The lowest BCUT2D eigenvalue weighted by Crippen LogP contribution is -2.49. The highest BCUT2D eigenvalue weighted by Crippen LogP contribution is 2.43. The van der Waals surface area contributed by atoms with Gasteiger partial charge < -0.3 is 39.3 Å². The van der Waals surface area contributed by atoms with E-state index in [9.17, 15) is 14.7 Å². The van der Waals surface area contributed by atoms with Gasteiger partial charge in [-0.3, -0.25) is 9.47 Å². The van der Waals surface area contributed by atoms with E-state index in [2.05, 4.69) is 15.0 Å². The molecule has 1 fully saturated rings. The van der Waals surface area contributed by atoms with Crippen molar-refractivity contribution in [3.05, 3.63) is 144 Å². The molecule has 0 bridgehead atoms. The van der Waals surface area contributed by atoms with Crippen molar-refractivity contribution in [2.45, 2.75) is 69.0 Å². The fourth-order valence-electron chi connectivity index (χ4n) is 7.43. The lowest BCUT2D eigenvalue weighted by Gasteiger charge is -2.37. The summed E-state index contributed by atoms with van der Waals surface area (Å²) in [6, 6.07) is 32.8. The number of aliphatic hydroxyl groups is 1. The number of esters is 1. The van der Waals surface area contributed by atoms with Crippen LogP contribution in [0.3, 0.4) is 0 Å². The molecule has 0 aliphatic carbocycles. The zero-order valence-corrected chi connectivity index (χ0v) is 34.9. The van der Waals surface area contributed by atoms with E-state index in [0.717, 1.165) is 22.3 Å². The number of carbonyl (C=O) groups excluding carboxylic acids is 2. The van der Waals surface area contributed by atoms with Crippen molar-refractivity contribution in [2.24, 2.45) is 0 Å². The lowest BCUT2D eigenvalue weighted by molar-refractivity contribution is -0.164. The van der Waals surface area contributed by atoms with Crippen molar-refractivity contribution < 1.29 is 43.1 Å². The molecule has 1 aliphatic rings. The van der Waals surface area contributed by atoms with Gasteiger partial charge in [0.2, 0.25) is 0 Å². The lowest BCUT2D eigenvalue weighted by atomic mass is 9.80. The number of nitrogens with two attached hydrogens (primary N) is 1. The molecule has 61 heavy (non-hydrogen) atoms. The van der Waals surface area contributed by atoms with Gasteiger partial charge in [-0.25, -0.2) is 24.5 Å². The number of ether oxygens (including phenoxy) is 6. The molecular formula is C46H50N6O9. The largest absolute Gasteiger partial charge is 0.497 e. The van der Waals surface area contributed by atoms with E-state index in [0.29, 0.717) is 17.0 Å². The topological polar surface area (TPSA) is 183 Å². The standard InChI is InChI=1S/C46H50N6O9/c1-45(2,3)61-44(55)51(4)35(25-29-13-9-7-10-14-29)43(54)60-39-38(53)36(59-42(39)52-28-50-37-40(47)48-27-49-41(37)52)26-58-46(30-15-11-8-12-16-30,31-17-21-33(56-5)22-18-31)32-19-23-34(57-6)24-20-32/h7-24,27-28,35-36,38-39,42,53H,25-26H2,1-6H3,(H2,47,48,49)/t35?,36-,38-,39-,42-/m1/s1. The van der Waals surface area contributed by atoms with Crippen LogP contribution in [0.25, 0.3) is 11.2 Å². The molecule has 0 saturated carbocycles. The smallest absolute Gasteiger partial charge is 0.410 e. The Bertz CT molecular complexity index is 2360. The highest BCUT2D eigenvalue weighted by atomic mass is 16.6. The van der Waals surface area contributed by atoms with E-state index in [4.69, 9.17) is 34.2 Å². The Kier molecular flexibility index (Phi) is 12.5. The Labute approximate surface area is 354 Å². The van der Waals surface area contributed by atoms with Gasteiger partial charge in [-0.05, 0) is 67.3 Å². The summed E-state index contributed by atoms with van der Waals surface area (Å²) in [4.78, 5) is 42.0. The molecule has 0 radical (unpaired) electrons. The van der Waals surface area contributed by atoms with Crippen LogP contribution in [0.5, 0.6) is 11.5 Å². The minimum absolute atomic E-state index is 0.0946. The quantitative estimate of drug-likeness (QED) is 0.0953. The molecule has 318 valence electrons. The fourth-order valence-corrected chi connectivity index (χ4v) is 7.43. The summed E-state index contributed by atoms with van der Waals surface area (Å²) in [5.41, 5.74) is 7.74. The number of rotatable bonds is 14. The summed E-state index contributed by atoms with van der Waals surface area (Å²) in [5.74, 6) is 0.638. The molecule has 0 spiro atoms.